The van der Waals surface area contributed by atoms with Gasteiger partial charge >= 0.3 is 6.18 Å². The number of carbonyl (C=O) groups is 1. The van der Waals surface area contributed by atoms with E-state index in [1.807, 2.05) is 36.6 Å². The van der Waals surface area contributed by atoms with Crippen LogP contribution in [0.4, 0.5) is 18.9 Å². The van der Waals surface area contributed by atoms with Crippen molar-refractivity contribution in [2.45, 2.75) is 37.4 Å². The third-order valence-corrected chi connectivity index (χ3v) is 5.44. The molecule has 0 aliphatic carbocycles. The van der Waals surface area contributed by atoms with Crippen molar-refractivity contribution in [2.75, 3.05) is 5.32 Å². The van der Waals surface area contributed by atoms with Crippen molar-refractivity contribution in [3.63, 3.8) is 0 Å². The molecule has 0 aliphatic rings. The van der Waals surface area contributed by atoms with Gasteiger partial charge in [0.25, 0.3) is 0 Å². The fourth-order valence-electron chi connectivity index (χ4n) is 2.92. The predicted molar refractivity (Wildman–Crippen MR) is 108 cm³/mol. The molecule has 152 valence electrons. The number of thioether (sulfide) groups is 1. The van der Waals surface area contributed by atoms with Crippen molar-refractivity contribution < 1.29 is 18.0 Å². The molecule has 1 amide bonds. The Hall–Kier alpha value is -2.74. The molecule has 0 saturated carbocycles. The smallest absolute Gasteiger partial charge is 0.325 e. The fraction of sp³-hybridized carbons (Fsp3) is 0.238. The van der Waals surface area contributed by atoms with Crippen LogP contribution in [0.3, 0.4) is 0 Å². The largest absolute Gasteiger partial charge is 0.418 e. The number of benzene rings is 2. The highest BCUT2D eigenvalue weighted by Gasteiger charge is 2.34. The number of imidazole rings is 1. The Morgan fingerprint density at radius 3 is 2.59 bits per heavy atom. The number of hydrogen-bond acceptors (Lipinski definition) is 3. The van der Waals surface area contributed by atoms with Gasteiger partial charge in [0.15, 0.2) is 5.16 Å². The first-order valence-corrected chi connectivity index (χ1v) is 9.79. The topological polar surface area (TPSA) is 46.9 Å². The molecule has 0 fully saturated rings. The van der Waals surface area contributed by atoms with Crippen LogP contribution in [-0.2, 0) is 11.0 Å². The molecule has 0 spiro atoms. The van der Waals surface area contributed by atoms with Crippen molar-refractivity contribution in [3.05, 3.63) is 71.5 Å². The lowest BCUT2D eigenvalue weighted by Gasteiger charge is -2.17. The van der Waals surface area contributed by atoms with Gasteiger partial charge in [-0.25, -0.2) is 4.98 Å². The number of aryl methyl sites for hydroxylation is 2. The molecule has 2 aromatic carbocycles. The maximum absolute atomic E-state index is 13.1. The minimum Gasteiger partial charge on any atom is -0.325 e. The number of hydrogen-bond donors (Lipinski definition) is 1. The minimum atomic E-state index is -4.54. The summed E-state index contributed by atoms with van der Waals surface area (Å²) in [5.41, 5.74) is 2.00. The van der Waals surface area contributed by atoms with Crippen LogP contribution in [0.2, 0.25) is 0 Å². The van der Waals surface area contributed by atoms with Gasteiger partial charge in [-0.1, -0.05) is 41.6 Å². The van der Waals surface area contributed by atoms with Crippen LogP contribution in [0.15, 0.2) is 60.0 Å². The predicted octanol–water partition coefficient (Wildman–Crippen LogP) is 5.63. The Labute approximate surface area is 171 Å². The summed E-state index contributed by atoms with van der Waals surface area (Å²) in [6.07, 6.45) is -1.12. The highest BCUT2D eigenvalue weighted by Crippen LogP contribution is 2.35. The zero-order valence-corrected chi connectivity index (χ0v) is 16.9. The highest BCUT2D eigenvalue weighted by molar-refractivity contribution is 8.00. The van der Waals surface area contributed by atoms with Crippen molar-refractivity contribution in [1.29, 1.82) is 0 Å². The van der Waals surface area contributed by atoms with Gasteiger partial charge in [0.2, 0.25) is 5.91 Å². The molecule has 29 heavy (non-hydrogen) atoms. The van der Waals surface area contributed by atoms with Gasteiger partial charge in [-0.05, 0) is 44.5 Å². The number of carbonyl (C=O) groups excluding carboxylic acids is 1. The van der Waals surface area contributed by atoms with Gasteiger partial charge in [0, 0.05) is 12.4 Å². The summed E-state index contributed by atoms with van der Waals surface area (Å²) in [5.74, 6) is -0.526. The first kappa shape index (κ1) is 21.0. The second kappa shape index (κ2) is 8.32. The van der Waals surface area contributed by atoms with Gasteiger partial charge < -0.3 is 5.32 Å². The molecule has 0 aliphatic heterocycles. The Kier molecular flexibility index (Phi) is 6.02. The van der Waals surface area contributed by atoms with Crippen LogP contribution >= 0.6 is 11.8 Å². The Morgan fingerprint density at radius 2 is 1.90 bits per heavy atom. The summed E-state index contributed by atoms with van der Waals surface area (Å²) in [5, 5.41) is 2.33. The van der Waals surface area contributed by atoms with Crippen LogP contribution in [-0.4, -0.2) is 20.7 Å². The summed E-state index contributed by atoms with van der Waals surface area (Å²) in [6.45, 7) is 5.63. The number of nitrogens with one attached hydrogen (secondary N) is 1. The molecule has 3 aromatic rings. The number of amides is 1. The van der Waals surface area contributed by atoms with Gasteiger partial charge in [0.1, 0.15) is 0 Å². The number of para-hydroxylation sites is 1. The van der Waals surface area contributed by atoms with Crippen molar-refractivity contribution in [3.8, 4) is 5.69 Å². The van der Waals surface area contributed by atoms with E-state index in [1.54, 1.807) is 19.3 Å². The van der Waals surface area contributed by atoms with E-state index in [2.05, 4.69) is 10.3 Å². The standard InChI is InChI=1S/C21H20F3N3OS/c1-13-8-9-18(14(2)12-13)27-11-10-25-20(27)29-15(3)19(28)26-17-7-5-4-6-16(17)21(22,23)24/h4-12,15H,1-3H3,(H,26,28). The Bertz CT molecular complexity index is 1030. The van der Waals surface area contributed by atoms with Crippen molar-refractivity contribution in [1.82, 2.24) is 9.55 Å². The van der Waals surface area contributed by atoms with Crippen LogP contribution in [0, 0.1) is 13.8 Å². The van der Waals surface area contributed by atoms with Crippen LogP contribution in [0.5, 0.6) is 0 Å². The molecule has 0 radical (unpaired) electrons. The molecule has 1 atom stereocenters. The van der Waals surface area contributed by atoms with E-state index in [-0.39, 0.29) is 5.69 Å². The maximum Gasteiger partial charge on any atom is 0.418 e. The molecule has 0 saturated heterocycles. The van der Waals surface area contributed by atoms with Crippen molar-refractivity contribution in [2.24, 2.45) is 0 Å². The summed E-state index contributed by atoms with van der Waals surface area (Å²) in [7, 11) is 0. The average Bonchev–Trinajstić information content (AvgIpc) is 3.09. The molecular formula is C21H20F3N3OS. The molecule has 1 aromatic heterocycles. The molecule has 3 rings (SSSR count). The zero-order valence-electron chi connectivity index (χ0n) is 16.1. The lowest BCUT2D eigenvalue weighted by Crippen LogP contribution is -2.24. The Morgan fingerprint density at radius 1 is 1.17 bits per heavy atom. The normalized spacial score (nSPS) is 12.6. The first-order chi connectivity index (χ1) is 13.7. The van der Waals surface area contributed by atoms with Gasteiger partial charge in [0.05, 0.1) is 22.2 Å². The minimum absolute atomic E-state index is 0.254. The molecule has 8 heteroatoms. The average molecular weight is 419 g/mol. The Balaban J connectivity index is 1.78. The molecule has 1 unspecified atom stereocenters. The van der Waals surface area contributed by atoms with Crippen LogP contribution in [0.1, 0.15) is 23.6 Å². The number of anilines is 1. The third-order valence-electron chi connectivity index (χ3n) is 4.36. The summed E-state index contributed by atoms with van der Waals surface area (Å²) in [4.78, 5) is 16.8. The van der Waals surface area contributed by atoms with E-state index < -0.39 is 22.9 Å². The summed E-state index contributed by atoms with van der Waals surface area (Å²) in [6, 6.07) is 10.9. The second-order valence-corrected chi connectivity index (χ2v) is 7.97. The lowest BCUT2D eigenvalue weighted by molar-refractivity contribution is -0.137. The molecule has 1 heterocycles. The molecule has 1 N–H and O–H groups in total. The number of alkyl halides is 3. The second-order valence-electron chi connectivity index (χ2n) is 6.66. The van der Waals surface area contributed by atoms with E-state index in [4.69, 9.17) is 0 Å². The number of rotatable bonds is 5. The van der Waals surface area contributed by atoms with E-state index in [9.17, 15) is 18.0 Å². The van der Waals surface area contributed by atoms with E-state index >= 15 is 0 Å². The fourth-order valence-corrected chi connectivity index (χ4v) is 3.80. The van der Waals surface area contributed by atoms with Gasteiger partial charge in [-0.3, -0.25) is 9.36 Å². The van der Waals surface area contributed by atoms with Crippen LogP contribution in [0.25, 0.3) is 5.69 Å². The third kappa shape index (κ3) is 4.82. The van der Waals surface area contributed by atoms with Gasteiger partial charge in [-0.15, -0.1) is 0 Å². The SMILES string of the molecule is Cc1ccc(-n2ccnc2SC(C)C(=O)Nc2ccccc2C(F)(F)F)c(C)c1. The molecule has 0 bridgehead atoms. The molecule has 4 nitrogen and oxygen atoms in total. The lowest BCUT2D eigenvalue weighted by atomic mass is 10.1. The highest BCUT2D eigenvalue weighted by atomic mass is 32.2. The monoisotopic (exact) mass is 419 g/mol. The van der Waals surface area contributed by atoms with Crippen LogP contribution < -0.4 is 5.32 Å². The summed E-state index contributed by atoms with van der Waals surface area (Å²) >= 11 is 1.18. The number of halogens is 3. The van der Waals surface area contributed by atoms with E-state index in [0.29, 0.717) is 5.16 Å². The molecular weight excluding hydrogens is 399 g/mol. The first-order valence-electron chi connectivity index (χ1n) is 8.91. The maximum atomic E-state index is 13.1. The quantitative estimate of drug-likeness (QED) is 0.546. The van der Waals surface area contributed by atoms with Crippen molar-refractivity contribution >= 4 is 23.4 Å². The van der Waals surface area contributed by atoms with E-state index in [1.165, 1.54) is 30.0 Å². The summed E-state index contributed by atoms with van der Waals surface area (Å²) < 4.78 is 41.3. The van der Waals surface area contributed by atoms with E-state index in [0.717, 1.165) is 22.9 Å². The number of aromatic nitrogens is 2. The number of nitrogens with zero attached hydrogens (tertiary/aromatic N) is 2. The van der Waals surface area contributed by atoms with Gasteiger partial charge in [-0.2, -0.15) is 13.2 Å². The zero-order chi connectivity index (χ0) is 21.2.